The first kappa shape index (κ1) is 12.2. The van der Waals surface area contributed by atoms with Gasteiger partial charge in [0.1, 0.15) is 5.75 Å². The highest BCUT2D eigenvalue weighted by Crippen LogP contribution is 2.28. The molecule has 1 aromatic heterocycles. The monoisotopic (exact) mass is 255 g/mol. The minimum absolute atomic E-state index is 0.408. The summed E-state index contributed by atoms with van der Waals surface area (Å²) < 4.78 is 5.69. The van der Waals surface area contributed by atoms with Crippen LogP contribution < -0.4 is 4.74 Å². The molecule has 1 heterocycles. The minimum Gasteiger partial charge on any atom is -0.490 e. The summed E-state index contributed by atoms with van der Waals surface area (Å²) in [7, 11) is 0. The van der Waals surface area contributed by atoms with E-state index in [9.17, 15) is 5.11 Å². The third-order valence-corrected chi connectivity index (χ3v) is 3.24. The maximum atomic E-state index is 10.2. The van der Waals surface area contributed by atoms with E-state index in [4.69, 9.17) is 4.74 Å². The van der Waals surface area contributed by atoms with Crippen LogP contribution in [0.3, 0.4) is 0 Å². The zero-order valence-electron chi connectivity index (χ0n) is 10.7. The molecule has 1 atom stereocenters. The van der Waals surface area contributed by atoms with Crippen LogP contribution in [0.2, 0.25) is 0 Å². The van der Waals surface area contributed by atoms with Gasteiger partial charge in [0.25, 0.3) is 0 Å². The van der Waals surface area contributed by atoms with Crippen LogP contribution >= 0.6 is 0 Å². The van der Waals surface area contributed by atoms with Gasteiger partial charge in [-0.25, -0.2) is 0 Å². The molecule has 3 heteroatoms. The largest absolute Gasteiger partial charge is 0.490 e. The number of aromatic nitrogens is 1. The van der Waals surface area contributed by atoms with Gasteiger partial charge in [0.2, 0.25) is 0 Å². The Bertz CT molecular complexity index is 520. The summed E-state index contributed by atoms with van der Waals surface area (Å²) >= 11 is 0. The van der Waals surface area contributed by atoms with Crippen LogP contribution in [0.15, 0.2) is 48.8 Å². The van der Waals surface area contributed by atoms with E-state index >= 15 is 0 Å². The maximum absolute atomic E-state index is 10.2. The Morgan fingerprint density at radius 1 is 1.21 bits per heavy atom. The molecular formula is C16H17NO2. The molecule has 3 rings (SSSR count). The molecule has 3 nitrogen and oxygen atoms in total. The van der Waals surface area contributed by atoms with E-state index in [2.05, 4.69) is 4.98 Å². The third-order valence-electron chi connectivity index (χ3n) is 3.24. The number of aliphatic hydroxyl groups is 1. The Balaban J connectivity index is 1.64. The lowest BCUT2D eigenvalue weighted by Crippen LogP contribution is -2.02. The molecule has 0 aliphatic heterocycles. The SMILES string of the molecule is OC(Cc1cccnc1)c1ccc(OC2CC2)cc1. The van der Waals surface area contributed by atoms with Crippen molar-refractivity contribution in [3.63, 3.8) is 0 Å². The van der Waals surface area contributed by atoms with Gasteiger partial charge in [0.15, 0.2) is 0 Å². The molecule has 1 aliphatic rings. The van der Waals surface area contributed by atoms with Gasteiger partial charge in [-0.05, 0) is 42.2 Å². The molecule has 1 N–H and O–H groups in total. The number of aliphatic hydroxyl groups excluding tert-OH is 1. The van der Waals surface area contributed by atoms with Crippen LogP contribution in [0.1, 0.15) is 30.1 Å². The predicted octanol–water partition coefficient (Wildman–Crippen LogP) is 2.90. The Morgan fingerprint density at radius 3 is 2.63 bits per heavy atom. The summed E-state index contributed by atoms with van der Waals surface area (Å²) in [6.45, 7) is 0. The van der Waals surface area contributed by atoms with Gasteiger partial charge >= 0.3 is 0 Å². The van der Waals surface area contributed by atoms with E-state index in [1.54, 1.807) is 12.4 Å². The zero-order chi connectivity index (χ0) is 13.1. The maximum Gasteiger partial charge on any atom is 0.119 e. The first-order chi connectivity index (χ1) is 9.31. The minimum atomic E-state index is -0.501. The smallest absolute Gasteiger partial charge is 0.119 e. The molecule has 19 heavy (non-hydrogen) atoms. The topological polar surface area (TPSA) is 42.4 Å². The lowest BCUT2D eigenvalue weighted by atomic mass is 10.0. The summed E-state index contributed by atoms with van der Waals surface area (Å²) in [6.07, 6.45) is 6.33. The van der Waals surface area contributed by atoms with Crippen LogP contribution in [-0.2, 0) is 6.42 Å². The van der Waals surface area contributed by atoms with Crippen molar-refractivity contribution < 1.29 is 9.84 Å². The molecule has 1 aromatic carbocycles. The summed E-state index contributed by atoms with van der Waals surface area (Å²) in [5, 5.41) is 10.2. The first-order valence-electron chi connectivity index (χ1n) is 6.65. The van der Waals surface area contributed by atoms with Gasteiger partial charge in [-0.1, -0.05) is 18.2 Å². The van der Waals surface area contributed by atoms with E-state index in [1.165, 1.54) is 0 Å². The number of ether oxygens (including phenoxy) is 1. The van der Waals surface area contributed by atoms with Crippen LogP contribution in [0.25, 0.3) is 0 Å². The number of nitrogens with zero attached hydrogens (tertiary/aromatic N) is 1. The fourth-order valence-corrected chi connectivity index (χ4v) is 2.01. The van der Waals surface area contributed by atoms with Crippen LogP contribution in [0, 0.1) is 0 Å². The Hall–Kier alpha value is -1.87. The Morgan fingerprint density at radius 2 is 2.00 bits per heavy atom. The molecule has 1 unspecified atom stereocenters. The van der Waals surface area contributed by atoms with Crippen molar-refractivity contribution >= 4 is 0 Å². The molecule has 0 bridgehead atoms. The second-order valence-electron chi connectivity index (χ2n) is 4.97. The average molecular weight is 255 g/mol. The van der Waals surface area contributed by atoms with E-state index < -0.39 is 6.10 Å². The van der Waals surface area contributed by atoms with Crippen molar-refractivity contribution in [2.24, 2.45) is 0 Å². The van der Waals surface area contributed by atoms with Gasteiger partial charge in [-0.2, -0.15) is 0 Å². The normalized spacial score (nSPS) is 16.1. The molecule has 98 valence electrons. The molecule has 0 saturated heterocycles. The van der Waals surface area contributed by atoms with Gasteiger partial charge in [0.05, 0.1) is 12.2 Å². The van der Waals surface area contributed by atoms with E-state index in [-0.39, 0.29) is 0 Å². The highest BCUT2D eigenvalue weighted by Gasteiger charge is 2.23. The number of benzene rings is 1. The third kappa shape index (κ3) is 3.32. The molecule has 1 saturated carbocycles. The lowest BCUT2D eigenvalue weighted by Gasteiger charge is -2.12. The molecule has 2 aromatic rings. The Kier molecular flexibility index (Phi) is 3.47. The fourth-order valence-electron chi connectivity index (χ4n) is 2.01. The molecule has 0 spiro atoms. The number of hydrogen-bond acceptors (Lipinski definition) is 3. The highest BCUT2D eigenvalue weighted by molar-refractivity contribution is 5.30. The van der Waals surface area contributed by atoms with Crippen molar-refractivity contribution in [2.45, 2.75) is 31.5 Å². The van der Waals surface area contributed by atoms with Crippen molar-refractivity contribution in [1.82, 2.24) is 4.98 Å². The van der Waals surface area contributed by atoms with Gasteiger partial charge in [0, 0.05) is 18.8 Å². The van der Waals surface area contributed by atoms with E-state index in [0.717, 1.165) is 29.7 Å². The van der Waals surface area contributed by atoms with Gasteiger partial charge < -0.3 is 9.84 Å². The van der Waals surface area contributed by atoms with E-state index in [0.29, 0.717) is 12.5 Å². The molecule has 0 radical (unpaired) electrons. The van der Waals surface area contributed by atoms with Crippen molar-refractivity contribution in [3.05, 3.63) is 59.9 Å². The van der Waals surface area contributed by atoms with Crippen LogP contribution in [0.4, 0.5) is 0 Å². The number of pyridine rings is 1. The second kappa shape index (κ2) is 5.41. The Labute approximate surface area is 112 Å². The quantitative estimate of drug-likeness (QED) is 0.893. The average Bonchev–Trinajstić information content (AvgIpc) is 3.25. The second-order valence-corrected chi connectivity index (χ2v) is 4.97. The van der Waals surface area contributed by atoms with E-state index in [1.807, 2.05) is 36.4 Å². The van der Waals surface area contributed by atoms with Crippen LogP contribution in [-0.4, -0.2) is 16.2 Å². The first-order valence-corrected chi connectivity index (χ1v) is 6.65. The summed E-state index contributed by atoms with van der Waals surface area (Å²) in [4.78, 5) is 4.05. The molecule has 0 amide bonds. The fraction of sp³-hybridized carbons (Fsp3) is 0.312. The standard InChI is InChI=1S/C16H17NO2/c18-16(10-12-2-1-9-17-11-12)13-3-5-14(6-4-13)19-15-7-8-15/h1-6,9,11,15-16,18H,7-8,10H2. The zero-order valence-corrected chi connectivity index (χ0v) is 10.7. The summed E-state index contributed by atoms with van der Waals surface area (Å²) in [5.74, 6) is 0.889. The molecule has 1 fully saturated rings. The van der Waals surface area contributed by atoms with Crippen LogP contribution in [0.5, 0.6) is 5.75 Å². The van der Waals surface area contributed by atoms with Crippen molar-refractivity contribution in [3.8, 4) is 5.75 Å². The highest BCUT2D eigenvalue weighted by atomic mass is 16.5. The van der Waals surface area contributed by atoms with Crippen molar-refractivity contribution in [2.75, 3.05) is 0 Å². The van der Waals surface area contributed by atoms with Gasteiger partial charge in [-0.3, -0.25) is 4.98 Å². The lowest BCUT2D eigenvalue weighted by molar-refractivity contribution is 0.178. The summed E-state index contributed by atoms with van der Waals surface area (Å²) in [6, 6.07) is 11.6. The van der Waals surface area contributed by atoms with Crippen molar-refractivity contribution in [1.29, 1.82) is 0 Å². The molecular weight excluding hydrogens is 238 g/mol. The predicted molar refractivity (Wildman–Crippen MR) is 73.0 cm³/mol. The number of hydrogen-bond donors (Lipinski definition) is 1. The number of rotatable bonds is 5. The summed E-state index contributed by atoms with van der Waals surface area (Å²) in [5.41, 5.74) is 1.94. The molecule has 1 aliphatic carbocycles. The van der Waals surface area contributed by atoms with Gasteiger partial charge in [-0.15, -0.1) is 0 Å².